The molecule has 13 heavy (non-hydrogen) atoms. The lowest BCUT2D eigenvalue weighted by Crippen LogP contribution is -2.27. The SMILES string of the molecule is Cc1ccnc(C2CCCCN2)c1. The highest BCUT2D eigenvalue weighted by molar-refractivity contribution is 5.17. The largest absolute Gasteiger partial charge is 0.309 e. The molecule has 0 spiro atoms. The van der Waals surface area contributed by atoms with E-state index < -0.39 is 0 Å². The molecule has 1 aromatic rings. The highest BCUT2D eigenvalue weighted by Gasteiger charge is 2.15. The smallest absolute Gasteiger partial charge is 0.0575 e. The van der Waals surface area contributed by atoms with E-state index in [0.29, 0.717) is 6.04 Å². The van der Waals surface area contributed by atoms with Gasteiger partial charge in [0.15, 0.2) is 0 Å². The van der Waals surface area contributed by atoms with Crippen molar-refractivity contribution in [3.8, 4) is 0 Å². The monoisotopic (exact) mass is 176 g/mol. The second-order valence-electron chi connectivity index (χ2n) is 3.76. The van der Waals surface area contributed by atoms with E-state index in [9.17, 15) is 0 Å². The minimum absolute atomic E-state index is 0.494. The quantitative estimate of drug-likeness (QED) is 0.709. The molecule has 2 heterocycles. The van der Waals surface area contributed by atoms with Crippen molar-refractivity contribution in [1.29, 1.82) is 0 Å². The minimum atomic E-state index is 0.494. The number of aryl methyl sites for hydroxylation is 1. The van der Waals surface area contributed by atoms with Gasteiger partial charge in [-0.15, -0.1) is 0 Å². The maximum absolute atomic E-state index is 4.40. The van der Waals surface area contributed by atoms with E-state index in [2.05, 4.69) is 23.3 Å². The molecular weight excluding hydrogens is 160 g/mol. The molecule has 0 aromatic carbocycles. The van der Waals surface area contributed by atoms with E-state index in [1.807, 2.05) is 12.3 Å². The normalized spacial score (nSPS) is 23.0. The summed E-state index contributed by atoms with van der Waals surface area (Å²) in [5.74, 6) is 0. The first-order valence-electron chi connectivity index (χ1n) is 5.02. The molecule has 0 bridgehead atoms. The molecule has 1 fully saturated rings. The van der Waals surface area contributed by atoms with Crippen LogP contribution in [0.25, 0.3) is 0 Å². The van der Waals surface area contributed by atoms with E-state index in [1.165, 1.54) is 30.5 Å². The summed E-state index contributed by atoms with van der Waals surface area (Å²) in [6.07, 6.45) is 5.77. The van der Waals surface area contributed by atoms with Crippen LogP contribution in [0.5, 0.6) is 0 Å². The van der Waals surface area contributed by atoms with Crippen molar-refractivity contribution in [1.82, 2.24) is 10.3 Å². The number of pyridine rings is 1. The minimum Gasteiger partial charge on any atom is -0.309 e. The second kappa shape index (κ2) is 3.88. The van der Waals surface area contributed by atoms with Crippen molar-refractivity contribution in [2.45, 2.75) is 32.2 Å². The van der Waals surface area contributed by atoms with Crippen molar-refractivity contribution in [2.75, 3.05) is 6.54 Å². The predicted molar refractivity (Wildman–Crippen MR) is 53.6 cm³/mol. The van der Waals surface area contributed by atoms with Crippen molar-refractivity contribution in [3.63, 3.8) is 0 Å². The summed E-state index contributed by atoms with van der Waals surface area (Å²) in [7, 11) is 0. The highest BCUT2D eigenvalue weighted by Crippen LogP contribution is 2.21. The molecule has 1 saturated heterocycles. The molecule has 1 aliphatic heterocycles. The van der Waals surface area contributed by atoms with Crippen LogP contribution >= 0.6 is 0 Å². The maximum Gasteiger partial charge on any atom is 0.0575 e. The molecule has 1 aromatic heterocycles. The van der Waals surface area contributed by atoms with Gasteiger partial charge in [0.1, 0.15) is 0 Å². The lowest BCUT2D eigenvalue weighted by Gasteiger charge is -2.22. The summed E-state index contributed by atoms with van der Waals surface area (Å²) in [6, 6.07) is 4.73. The first-order valence-corrected chi connectivity index (χ1v) is 5.02. The Morgan fingerprint density at radius 2 is 2.38 bits per heavy atom. The molecule has 2 nitrogen and oxygen atoms in total. The van der Waals surface area contributed by atoms with Crippen molar-refractivity contribution in [2.24, 2.45) is 0 Å². The fraction of sp³-hybridized carbons (Fsp3) is 0.545. The summed E-state index contributed by atoms with van der Waals surface area (Å²) in [6.45, 7) is 3.26. The van der Waals surface area contributed by atoms with Gasteiger partial charge < -0.3 is 5.32 Å². The molecule has 70 valence electrons. The molecule has 1 N–H and O–H groups in total. The molecule has 2 heteroatoms. The average Bonchev–Trinajstić information content (AvgIpc) is 2.19. The number of nitrogens with one attached hydrogen (secondary N) is 1. The first kappa shape index (κ1) is 8.70. The van der Waals surface area contributed by atoms with Gasteiger partial charge in [-0.25, -0.2) is 0 Å². The van der Waals surface area contributed by atoms with Gasteiger partial charge >= 0.3 is 0 Å². The van der Waals surface area contributed by atoms with Crippen LogP contribution in [0.2, 0.25) is 0 Å². The highest BCUT2D eigenvalue weighted by atomic mass is 14.9. The fourth-order valence-corrected chi connectivity index (χ4v) is 1.85. The summed E-state index contributed by atoms with van der Waals surface area (Å²) in [5.41, 5.74) is 2.51. The summed E-state index contributed by atoms with van der Waals surface area (Å²) in [4.78, 5) is 4.40. The van der Waals surface area contributed by atoms with Gasteiger partial charge in [-0.05, 0) is 44.0 Å². The van der Waals surface area contributed by atoms with Gasteiger partial charge in [0.25, 0.3) is 0 Å². The van der Waals surface area contributed by atoms with Crippen molar-refractivity contribution >= 4 is 0 Å². The van der Waals surface area contributed by atoms with Crippen molar-refractivity contribution in [3.05, 3.63) is 29.6 Å². The molecule has 1 unspecified atom stereocenters. The Kier molecular flexibility index (Phi) is 2.60. The van der Waals surface area contributed by atoms with Crippen LogP contribution in [0.15, 0.2) is 18.3 Å². The zero-order valence-electron chi connectivity index (χ0n) is 8.09. The Bertz CT molecular complexity index is 277. The van der Waals surface area contributed by atoms with Crippen LogP contribution in [-0.2, 0) is 0 Å². The number of piperidine rings is 1. The fourth-order valence-electron chi connectivity index (χ4n) is 1.85. The molecule has 0 aliphatic carbocycles. The third-order valence-corrected chi connectivity index (χ3v) is 2.60. The molecular formula is C11H16N2. The lowest BCUT2D eigenvalue weighted by molar-refractivity contribution is 0.405. The van der Waals surface area contributed by atoms with Crippen LogP contribution in [0, 0.1) is 6.92 Å². The lowest BCUT2D eigenvalue weighted by atomic mass is 10.0. The topological polar surface area (TPSA) is 24.9 Å². The number of hydrogen-bond acceptors (Lipinski definition) is 2. The third kappa shape index (κ3) is 2.07. The Hall–Kier alpha value is -0.890. The van der Waals surface area contributed by atoms with Crippen LogP contribution in [0.4, 0.5) is 0 Å². The van der Waals surface area contributed by atoms with E-state index in [-0.39, 0.29) is 0 Å². The molecule has 2 rings (SSSR count). The Morgan fingerprint density at radius 3 is 3.08 bits per heavy atom. The standard InChI is InChI=1S/C11H16N2/c1-9-5-7-13-11(8-9)10-4-2-3-6-12-10/h5,7-8,10,12H,2-4,6H2,1H3. The van der Waals surface area contributed by atoms with E-state index >= 15 is 0 Å². The third-order valence-electron chi connectivity index (χ3n) is 2.60. The molecule has 0 saturated carbocycles. The summed E-state index contributed by atoms with van der Waals surface area (Å²) >= 11 is 0. The average molecular weight is 176 g/mol. The van der Waals surface area contributed by atoms with Crippen molar-refractivity contribution < 1.29 is 0 Å². The molecule has 0 radical (unpaired) electrons. The Balaban J connectivity index is 2.14. The zero-order valence-corrected chi connectivity index (χ0v) is 8.09. The van der Waals surface area contributed by atoms with E-state index in [1.54, 1.807) is 0 Å². The van der Waals surface area contributed by atoms with E-state index in [4.69, 9.17) is 0 Å². The predicted octanol–water partition coefficient (Wildman–Crippen LogP) is 2.20. The molecule has 0 amide bonds. The number of rotatable bonds is 1. The Labute approximate surface area is 79.4 Å². The number of aromatic nitrogens is 1. The zero-order chi connectivity index (χ0) is 9.10. The maximum atomic E-state index is 4.40. The van der Waals surface area contributed by atoms with Gasteiger partial charge in [-0.1, -0.05) is 6.42 Å². The molecule has 1 atom stereocenters. The van der Waals surface area contributed by atoms with Gasteiger partial charge in [0.05, 0.1) is 5.69 Å². The first-order chi connectivity index (χ1) is 6.36. The summed E-state index contributed by atoms with van der Waals surface area (Å²) < 4.78 is 0. The van der Waals surface area contributed by atoms with Crippen LogP contribution in [0.3, 0.4) is 0 Å². The van der Waals surface area contributed by atoms with Gasteiger partial charge in [0, 0.05) is 12.2 Å². The number of nitrogens with zero attached hydrogens (tertiary/aromatic N) is 1. The van der Waals surface area contributed by atoms with Crippen LogP contribution in [-0.4, -0.2) is 11.5 Å². The van der Waals surface area contributed by atoms with Crippen LogP contribution in [0.1, 0.15) is 36.6 Å². The van der Waals surface area contributed by atoms with Gasteiger partial charge in [-0.2, -0.15) is 0 Å². The van der Waals surface area contributed by atoms with Gasteiger partial charge in [0.2, 0.25) is 0 Å². The van der Waals surface area contributed by atoms with E-state index in [0.717, 1.165) is 6.54 Å². The Morgan fingerprint density at radius 1 is 1.46 bits per heavy atom. The van der Waals surface area contributed by atoms with Crippen LogP contribution < -0.4 is 5.32 Å². The number of hydrogen-bond donors (Lipinski definition) is 1. The molecule has 1 aliphatic rings. The summed E-state index contributed by atoms with van der Waals surface area (Å²) in [5, 5.41) is 3.50. The second-order valence-corrected chi connectivity index (χ2v) is 3.76. The van der Waals surface area contributed by atoms with Gasteiger partial charge in [-0.3, -0.25) is 4.98 Å².